The van der Waals surface area contributed by atoms with Crippen LogP contribution >= 0.6 is 0 Å². The molecule has 1 aromatic carbocycles. The average Bonchev–Trinajstić information content (AvgIpc) is 2.92. The lowest BCUT2D eigenvalue weighted by Gasteiger charge is -2.37. The minimum atomic E-state index is 0.531. The van der Waals surface area contributed by atoms with Crippen LogP contribution in [0.15, 0.2) is 24.3 Å². The van der Waals surface area contributed by atoms with E-state index in [4.69, 9.17) is 4.74 Å². The molecule has 0 saturated heterocycles. The Morgan fingerprint density at radius 3 is 2.95 bits per heavy atom. The summed E-state index contributed by atoms with van der Waals surface area (Å²) < 4.78 is 5.95. The van der Waals surface area contributed by atoms with Gasteiger partial charge >= 0.3 is 0 Å². The Morgan fingerprint density at radius 2 is 2.14 bits per heavy atom. The van der Waals surface area contributed by atoms with E-state index in [1.807, 2.05) is 0 Å². The van der Waals surface area contributed by atoms with Gasteiger partial charge in [-0.3, -0.25) is 0 Å². The molecule has 116 valence electrons. The number of ether oxygens (including phenoxy) is 1. The summed E-state index contributed by atoms with van der Waals surface area (Å²) in [5.41, 5.74) is 1.42. The van der Waals surface area contributed by atoms with Crippen LogP contribution in [0.3, 0.4) is 0 Å². The third kappa shape index (κ3) is 3.26. The van der Waals surface area contributed by atoms with Crippen LogP contribution in [0.25, 0.3) is 0 Å². The second kappa shape index (κ2) is 6.83. The van der Waals surface area contributed by atoms with Crippen molar-refractivity contribution < 1.29 is 4.74 Å². The second-order valence-corrected chi connectivity index (χ2v) is 6.97. The van der Waals surface area contributed by atoms with Gasteiger partial charge in [-0.2, -0.15) is 0 Å². The van der Waals surface area contributed by atoms with Crippen LogP contribution in [-0.4, -0.2) is 19.2 Å². The molecule has 0 aromatic heterocycles. The average molecular weight is 287 g/mol. The number of hydrogen-bond donors (Lipinski definition) is 1. The summed E-state index contributed by atoms with van der Waals surface area (Å²) in [6, 6.07) is 9.20. The predicted octanol–water partition coefficient (Wildman–Crippen LogP) is 4.36. The molecule has 3 rings (SSSR count). The summed E-state index contributed by atoms with van der Waals surface area (Å²) in [6.45, 7) is 6.65. The van der Waals surface area contributed by atoms with Crippen LogP contribution in [-0.2, 0) is 0 Å². The molecule has 0 amide bonds. The molecule has 1 aliphatic carbocycles. The highest BCUT2D eigenvalue weighted by Crippen LogP contribution is 2.41. The predicted molar refractivity (Wildman–Crippen MR) is 87.9 cm³/mol. The summed E-state index contributed by atoms with van der Waals surface area (Å²) in [5.74, 6) is 3.32. The smallest absolute Gasteiger partial charge is 0.122 e. The Bertz CT molecular complexity index is 459. The van der Waals surface area contributed by atoms with Crippen molar-refractivity contribution in [2.45, 2.75) is 57.9 Å². The quantitative estimate of drug-likeness (QED) is 0.869. The summed E-state index contributed by atoms with van der Waals surface area (Å²) in [4.78, 5) is 0. The van der Waals surface area contributed by atoms with Crippen molar-refractivity contribution in [3.63, 3.8) is 0 Å². The topological polar surface area (TPSA) is 21.3 Å². The molecule has 1 N–H and O–H groups in total. The lowest BCUT2D eigenvalue weighted by Crippen LogP contribution is -2.43. The Kier molecular flexibility index (Phi) is 4.84. The number of rotatable bonds is 5. The first-order valence-corrected chi connectivity index (χ1v) is 8.74. The maximum Gasteiger partial charge on any atom is 0.122 e. The van der Waals surface area contributed by atoms with Gasteiger partial charge in [0.15, 0.2) is 0 Å². The van der Waals surface area contributed by atoms with Gasteiger partial charge in [-0.05, 0) is 43.7 Å². The van der Waals surface area contributed by atoms with Crippen molar-refractivity contribution in [2.24, 2.45) is 11.8 Å². The number of benzene rings is 1. The van der Waals surface area contributed by atoms with E-state index in [0.717, 1.165) is 30.7 Å². The molecule has 2 heteroatoms. The number of nitrogens with one attached hydrogen (secondary N) is 1. The van der Waals surface area contributed by atoms with E-state index < -0.39 is 0 Å². The standard InChI is InChI=1S/C19H29NO/c1-3-11-20-19(15-8-6-7-14(2)12-15)17-13-21-18-10-5-4-9-16(17)18/h4-5,9-10,14-15,17,19-20H,3,6-8,11-13H2,1-2H3. The lowest BCUT2D eigenvalue weighted by molar-refractivity contribution is 0.186. The fraction of sp³-hybridized carbons (Fsp3) is 0.684. The third-order valence-electron chi connectivity index (χ3n) is 5.29. The zero-order valence-electron chi connectivity index (χ0n) is 13.5. The molecule has 4 atom stereocenters. The summed E-state index contributed by atoms with van der Waals surface area (Å²) >= 11 is 0. The number of para-hydroxylation sites is 1. The molecule has 0 bridgehead atoms. The largest absolute Gasteiger partial charge is 0.493 e. The molecule has 1 heterocycles. The van der Waals surface area contributed by atoms with Crippen molar-refractivity contribution in [1.82, 2.24) is 5.32 Å². The Hall–Kier alpha value is -1.02. The first-order valence-electron chi connectivity index (χ1n) is 8.74. The molecule has 0 radical (unpaired) electrons. The minimum absolute atomic E-state index is 0.531. The van der Waals surface area contributed by atoms with Crippen LogP contribution in [0.2, 0.25) is 0 Å². The Morgan fingerprint density at radius 1 is 1.29 bits per heavy atom. The summed E-state index contributed by atoms with van der Waals surface area (Å²) in [6.07, 6.45) is 6.76. The Labute approximate surface area is 129 Å². The zero-order chi connectivity index (χ0) is 14.7. The third-order valence-corrected chi connectivity index (χ3v) is 5.29. The van der Waals surface area contributed by atoms with Crippen LogP contribution in [0.4, 0.5) is 0 Å². The van der Waals surface area contributed by atoms with Crippen LogP contribution < -0.4 is 10.1 Å². The molecule has 2 nitrogen and oxygen atoms in total. The van der Waals surface area contributed by atoms with Gasteiger partial charge < -0.3 is 10.1 Å². The zero-order valence-corrected chi connectivity index (χ0v) is 13.5. The molecule has 1 saturated carbocycles. The number of hydrogen-bond acceptors (Lipinski definition) is 2. The van der Waals surface area contributed by atoms with Crippen LogP contribution in [0, 0.1) is 11.8 Å². The molecule has 1 aliphatic heterocycles. The van der Waals surface area contributed by atoms with Crippen molar-refractivity contribution in [1.29, 1.82) is 0 Å². The van der Waals surface area contributed by atoms with Gasteiger partial charge in [0.25, 0.3) is 0 Å². The van der Waals surface area contributed by atoms with Crippen molar-refractivity contribution >= 4 is 0 Å². The van der Waals surface area contributed by atoms with Gasteiger partial charge in [0, 0.05) is 17.5 Å². The maximum absolute atomic E-state index is 5.95. The Balaban J connectivity index is 1.79. The summed E-state index contributed by atoms with van der Waals surface area (Å²) in [5, 5.41) is 3.86. The molecule has 0 spiro atoms. The fourth-order valence-electron chi connectivity index (χ4n) is 4.24. The SMILES string of the molecule is CCCNC(C1CCCC(C)C1)C1COc2ccccc21. The van der Waals surface area contributed by atoms with E-state index in [0.29, 0.717) is 12.0 Å². The van der Waals surface area contributed by atoms with E-state index in [9.17, 15) is 0 Å². The molecule has 2 aliphatic rings. The van der Waals surface area contributed by atoms with Gasteiger partial charge in [0.1, 0.15) is 5.75 Å². The maximum atomic E-state index is 5.95. The van der Waals surface area contributed by atoms with E-state index in [1.54, 1.807) is 0 Å². The van der Waals surface area contributed by atoms with E-state index in [2.05, 4.69) is 43.4 Å². The number of fused-ring (bicyclic) bond motifs is 1. The fourth-order valence-corrected chi connectivity index (χ4v) is 4.24. The van der Waals surface area contributed by atoms with Crippen molar-refractivity contribution in [2.75, 3.05) is 13.2 Å². The summed E-state index contributed by atoms with van der Waals surface area (Å²) in [7, 11) is 0. The van der Waals surface area contributed by atoms with Gasteiger partial charge in [-0.25, -0.2) is 0 Å². The van der Waals surface area contributed by atoms with Crippen LogP contribution in [0.5, 0.6) is 5.75 Å². The van der Waals surface area contributed by atoms with Crippen molar-refractivity contribution in [3.05, 3.63) is 29.8 Å². The van der Waals surface area contributed by atoms with Crippen molar-refractivity contribution in [3.8, 4) is 5.75 Å². The normalized spacial score (nSPS) is 29.7. The highest BCUT2D eigenvalue weighted by Gasteiger charge is 2.37. The first-order chi connectivity index (χ1) is 10.3. The van der Waals surface area contributed by atoms with Gasteiger partial charge in [0.05, 0.1) is 6.61 Å². The van der Waals surface area contributed by atoms with E-state index in [1.165, 1.54) is 37.7 Å². The van der Waals surface area contributed by atoms with Gasteiger partial charge in [0.2, 0.25) is 0 Å². The van der Waals surface area contributed by atoms with E-state index in [-0.39, 0.29) is 0 Å². The monoisotopic (exact) mass is 287 g/mol. The second-order valence-electron chi connectivity index (χ2n) is 6.97. The van der Waals surface area contributed by atoms with E-state index >= 15 is 0 Å². The highest BCUT2D eigenvalue weighted by atomic mass is 16.5. The molecule has 21 heavy (non-hydrogen) atoms. The molecule has 1 fully saturated rings. The van der Waals surface area contributed by atoms with Gasteiger partial charge in [-0.15, -0.1) is 0 Å². The highest BCUT2D eigenvalue weighted by molar-refractivity contribution is 5.40. The molecular weight excluding hydrogens is 258 g/mol. The van der Waals surface area contributed by atoms with Gasteiger partial charge in [-0.1, -0.05) is 44.9 Å². The first kappa shape index (κ1) is 14.9. The lowest BCUT2D eigenvalue weighted by atomic mass is 9.74. The molecule has 4 unspecified atom stereocenters. The minimum Gasteiger partial charge on any atom is -0.493 e. The van der Waals surface area contributed by atoms with Crippen LogP contribution in [0.1, 0.15) is 57.4 Å². The molecule has 1 aromatic rings. The molecular formula is C19H29NO.